The second-order valence-electron chi connectivity index (χ2n) is 7.48. The smallest absolute Gasteiger partial charge is 0.444 e. The molecule has 3 rings (SSSR count). The van der Waals surface area contributed by atoms with Crippen LogP contribution in [0.5, 0.6) is 0 Å². The van der Waals surface area contributed by atoms with Crippen LogP contribution in [0.15, 0.2) is 48.5 Å². The first kappa shape index (κ1) is 19.4. The van der Waals surface area contributed by atoms with Crippen LogP contribution in [0, 0.1) is 5.82 Å². The van der Waals surface area contributed by atoms with Crippen molar-refractivity contribution in [3.8, 4) is 0 Å². The molecular weight excluding hydrogens is 348 g/mol. The molecule has 0 bridgehead atoms. The van der Waals surface area contributed by atoms with Crippen molar-refractivity contribution in [3.63, 3.8) is 0 Å². The normalized spacial score (nSPS) is 17.6. The van der Waals surface area contributed by atoms with E-state index >= 15 is 0 Å². The maximum atomic E-state index is 14.9. The van der Waals surface area contributed by atoms with Crippen LogP contribution in [0.3, 0.4) is 0 Å². The lowest BCUT2D eigenvalue weighted by Gasteiger charge is -2.32. The van der Waals surface area contributed by atoms with Crippen LogP contribution in [0.1, 0.15) is 33.3 Å². The monoisotopic (exact) mass is 371 g/mol. The minimum absolute atomic E-state index is 0.0141. The van der Waals surface area contributed by atoms with E-state index in [1.165, 1.54) is 6.07 Å². The van der Waals surface area contributed by atoms with E-state index in [4.69, 9.17) is 14.0 Å². The highest BCUT2D eigenvalue weighted by atomic mass is 19.1. The lowest BCUT2D eigenvalue weighted by molar-refractivity contribution is 0.00578. The van der Waals surface area contributed by atoms with Crippen molar-refractivity contribution in [3.05, 3.63) is 59.9 Å². The zero-order chi connectivity index (χ0) is 19.7. The van der Waals surface area contributed by atoms with Gasteiger partial charge in [0.25, 0.3) is 0 Å². The van der Waals surface area contributed by atoms with E-state index in [0.29, 0.717) is 0 Å². The van der Waals surface area contributed by atoms with Crippen LogP contribution in [0.4, 0.5) is 14.9 Å². The lowest BCUT2D eigenvalue weighted by Crippen LogP contribution is -2.41. The molecule has 2 aromatic carbocycles. The number of benzene rings is 2. The Morgan fingerprint density at radius 1 is 1.04 bits per heavy atom. The number of carbonyl (C=O) groups excluding carboxylic acids is 1. The summed E-state index contributed by atoms with van der Waals surface area (Å²) in [5.74, 6) is -0.604. The fourth-order valence-electron chi connectivity index (χ4n) is 2.67. The molecule has 0 unspecified atom stereocenters. The molecule has 0 saturated carbocycles. The molecule has 0 atom stereocenters. The first-order chi connectivity index (χ1) is 12.7. The molecule has 27 heavy (non-hydrogen) atoms. The zero-order valence-corrected chi connectivity index (χ0v) is 15.9. The Morgan fingerprint density at radius 3 is 2.30 bits per heavy atom. The van der Waals surface area contributed by atoms with E-state index in [1.54, 1.807) is 12.1 Å². The van der Waals surface area contributed by atoms with E-state index < -0.39 is 30.2 Å². The molecule has 0 radical (unpaired) electrons. The Morgan fingerprint density at radius 2 is 1.67 bits per heavy atom. The number of ether oxygens (including phenoxy) is 1. The summed E-state index contributed by atoms with van der Waals surface area (Å²) in [6, 6.07) is 13.9. The second-order valence-corrected chi connectivity index (χ2v) is 7.48. The van der Waals surface area contributed by atoms with Crippen molar-refractivity contribution < 1.29 is 23.2 Å². The number of amides is 1. The summed E-state index contributed by atoms with van der Waals surface area (Å²) in [4.78, 5) is 12.0. The fourth-order valence-corrected chi connectivity index (χ4v) is 2.67. The Hall–Kier alpha value is -2.38. The molecule has 2 aromatic rings. The van der Waals surface area contributed by atoms with Crippen LogP contribution in [-0.2, 0) is 20.7 Å². The standard InChI is InChI=1S/C20H23BFNO4/c1-19(2)20(3,4)27-21(26-19)15-11-8-12-16(17(15)22)23-18(24)25-13-14-9-6-5-7-10-14/h5-12H,13H2,1-4H3,(H,23,24). The van der Waals surface area contributed by atoms with E-state index in [2.05, 4.69) is 5.32 Å². The Kier molecular flexibility index (Phi) is 5.26. The van der Waals surface area contributed by atoms with Crippen molar-refractivity contribution in [2.75, 3.05) is 5.32 Å². The highest BCUT2D eigenvalue weighted by molar-refractivity contribution is 6.62. The van der Waals surface area contributed by atoms with Gasteiger partial charge >= 0.3 is 13.2 Å². The highest BCUT2D eigenvalue weighted by Crippen LogP contribution is 2.36. The molecule has 1 aliphatic heterocycles. The van der Waals surface area contributed by atoms with Crippen molar-refractivity contribution in [2.24, 2.45) is 0 Å². The second kappa shape index (κ2) is 7.33. The fraction of sp³-hybridized carbons (Fsp3) is 0.350. The predicted molar refractivity (Wildman–Crippen MR) is 102 cm³/mol. The lowest BCUT2D eigenvalue weighted by atomic mass is 9.78. The third-order valence-corrected chi connectivity index (χ3v) is 4.99. The van der Waals surface area contributed by atoms with Gasteiger partial charge < -0.3 is 14.0 Å². The Bertz CT molecular complexity index is 810. The van der Waals surface area contributed by atoms with E-state index in [9.17, 15) is 9.18 Å². The van der Waals surface area contributed by atoms with E-state index in [1.807, 2.05) is 58.0 Å². The van der Waals surface area contributed by atoms with Gasteiger partial charge in [-0.1, -0.05) is 42.5 Å². The molecule has 5 nitrogen and oxygen atoms in total. The number of anilines is 1. The van der Waals surface area contributed by atoms with Crippen LogP contribution in [0.25, 0.3) is 0 Å². The van der Waals surface area contributed by atoms with Gasteiger partial charge in [0.2, 0.25) is 0 Å². The Balaban J connectivity index is 1.69. The van der Waals surface area contributed by atoms with Crippen molar-refractivity contribution in [1.29, 1.82) is 0 Å². The molecule has 0 aromatic heterocycles. The largest absolute Gasteiger partial charge is 0.497 e. The summed E-state index contributed by atoms with van der Waals surface area (Å²) < 4.78 is 31.8. The number of nitrogens with one attached hydrogen (secondary N) is 1. The molecule has 1 heterocycles. The maximum absolute atomic E-state index is 14.9. The van der Waals surface area contributed by atoms with Gasteiger partial charge in [-0.3, -0.25) is 5.32 Å². The van der Waals surface area contributed by atoms with Crippen molar-refractivity contribution >= 4 is 24.4 Å². The van der Waals surface area contributed by atoms with Crippen LogP contribution in [-0.4, -0.2) is 24.4 Å². The SMILES string of the molecule is CC1(C)OB(c2cccc(NC(=O)OCc3ccccc3)c2F)OC1(C)C. The van der Waals surface area contributed by atoms with Gasteiger partial charge in [-0.05, 0) is 39.3 Å². The van der Waals surface area contributed by atoms with Gasteiger partial charge in [0.15, 0.2) is 0 Å². The molecule has 0 spiro atoms. The number of carbonyl (C=O) groups is 1. The topological polar surface area (TPSA) is 56.8 Å². The summed E-state index contributed by atoms with van der Waals surface area (Å²) >= 11 is 0. The highest BCUT2D eigenvalue weighted by Gasteiger charge is 2.52. The molecule has 1 saturated heterocycles. The number of hydrogen-bond donors (Lipinski definition) is 1. The number of halogens is 1. The van der Waals surface area contributed by atoms with Crippen molar-refractivity contribution in [1.82, 2.24) is 0 Å². The third-order valence-electron chi connectivity index (χ3n) is 4.99. The summed E-state index contributed by atoms with van der Waals surface area (Å²) in [5.41, 5.74) is -0.0708. The zero-order valence-electron chi connectivity index (χ0n) is 15.9. The molecule has 1 N–H and O–H groups in total. The van der Waals surface area contributed by atoms with Gasteiger partial charge in [-0.2, -0.15) is 0 Å². The maximum Gasteiger partial charge on any atom is 0.497 e. The first-order valence-corrected chi connectivity index (χ1v) is 8.81. The van der Waals surface area contributed by atoms with Crippen LogP contribution >= 0.6 is 0 Å². The molecule has 7 heteroatoms. The van der Waals surface area contributed by atoms with Crippen LogP contribution in [0.2, 0.25) is 0 Å². The molecule has 142 valence electrons. The third kappa shape index (κ3) is 4.15. The molecule has 1 fully saturated rings. The molecular formula is C20H23BFNO4. The summed E-state index contributed by atoms with van der Waals surface area (Å²) in [5, 5.41) is 2.44. The van der Waals surface area contributed by atoms with Crippen molar-refractivity contribution in [2.45, 2.75) is 45.5 Å². The average molecular weight is 371 g/mol. The van der Waals surface area contributed by atoms with Gasteiger partial charge in [0.05, 0.1) is 16.9 Å². The molecule has 1 aliphatic rings. The van der Waals surface area contributed by atoms with Gasteiger partial charge in [-0.15, -0.1) is 0 Å². The average Bonchev–Trinajstić information content (AvgIpc) is 2.83. The van der Waals surface area contributed by atoms with Gasteiger partial charge in [-0.25, -0.2) is 9.18 Å². The molecule has 1 amide bonds. The quantitative estimate of drug-likeness (QED) is 0.829. The van der Waals surface area contributed by atoms with E-state index in [-0.39, 0.29) is 17.8 Å². The van der Waals surface area contributed by atoms with Crippen LogP contribution < -0.4 is 10.8 Å². The molecule has 0 aliphatic carbocycles. The number of rotatable bonds is 4. The number of hydrogen-bond acceptors (Lipinski definition) is 4. The van der Waals surface area contributed by atoms with Gasteiger partial charge in [0.1, 0.15) is 12.4 Å². The minimum atomic E-state index is -0.850. The van der Waals surface area contributed by atoms with E-state index in [0.717, 1.165) is 5.56 Å². The summed E-state index contributed by atoms with van der Waals surface area (Å²) in [6.07, 6.45) is -0.733. The summed E-state index contributed by atoms with van der Waals surface area (Å²) in [6.45, 7) is 7.69. The predicted octanol–water partition coefficient (Wildman–Crippen LogP) is 3.87. The first-order valence-electron chi connectivity index (χ1n) is 8.81. The Labute approximate surface area is 159 Å². The minimum Gasteiger partial charge on any atom is -0.444 e. The van der Waals surface area contributed by atoms with Gasteiger partial charge in [0, 0.05) is 5.46 Å². The summed E-state index contributed by atoms with van der Waals surface area (Å²) in [7, 11) is -0.850.